The summed E-state index contributed by atoms with van der Waals surface area (Å²) < 4.78 is 29.0. The average molecular weight is 422 g/mol. The molecule has 2 atom stereocenters. The number of benzene rings is 1. The van der Waals surface area contributed by atoms with E-state index in [4.69, 9.17) is 0 Å². The van der Waals surface area contributed by atoms with E-state index in [1.54, 1.807) is 30.0 Å². The van der Waals surface area contributed by atoms with Crippen LogP contribution in [0.4, 0.5) is 5.69 Å². The van der Waals surface area contributed by atoms with Gasteiger partial charge in [-0.25, -0.2) is 13.1 Å². The van der Waals surface area contributed by atoms with Gasteiger partial charge in [-0.15, -0.1) is 0 Å². The van der Waals surface area contributed by atoms with Crippen molar-refractivity contribution < 1.29 is 13.2 Å². The Bertz CT molecular complexity index is 828. The summed E-state index contributed by atoms with van der Waals surface area (Å²) in [6, 6.07) is 5.43. The molecule has 7 heteroatoms. The van der Waals surface area contributed by atoms with Gasteiger partial charge in [-0.2, -0.15) is 0 Å². The number of amides is 1. The summed E-state index contributed by atoms with van der Waals surface area (Å²) in [6.45, 7) is 10.5. The van der Waals surface area contributed by atoms with Crippen LogP contribution in [0.5, 0.6) is 0 Å². The fourth-order valence-corrected chi connectivity index (χ4v) is 6.13. The van der Waals surface area contributed by atoms with Gasteiger partial charge in [-0.3, -0.25) is 9.69 Å². The Balaban J connectivity index is 1.77. The van der Waals surface area contributed by atoms with Crippen LogP contribution in [0.25, 0.3) is 0 Å². The Hall–Kier alpha value is -1.44. The van der Waals surface area contributed by atoms with E-state index >= 15 is 0 Å². The molecular weight excluding hydrogens is 386 g/mol. The first-order valence-electron chi connectivity index (χ1n) is 10.9. The molecule has 0 unspecified atom stereocenters. The molecule has 162 valence electrons. The van der Waals surface area contributed by atoms with Crippen LogP contribution in [0.2, 0.25) is 0 Å². The van der Waals surface area contributed by atoms with Crippen LogP contribution < -0.4 is 9.62 Å². The molecule has 0 spiro atoms. The molecule has 2 aliphatic heterocycles. The number of anilines is 1. The molecule has 0 radical (unpaired) electrons. The summed E-state index contributed by atoms with van der Waals surface area (Å²) >= 11 is 0. The van der Waals surface area contributed by atoms with E-state index in [9.17, 15) is 13.2 Å². The number of hydrogen-bond acceptors (Lipinski definition) is 4. The van der Waals surface area contributed by atoms with Crippen molar-refractivity contribution in [2.24, 2.45) is 5.92 Å². The van der Waals surface area contributed by atoms with Gasteiger partial charge in [-0.05, 0) is 69.0 Å². The second kappa shape index (κ2) is 9.14. The van der Waals surface area contributed by atoms with Crippen LogP contribution in [0.3, 0.4) is 0 Å². The Morgan fingerprint density at radius 3 is 2.45 bits per heavy atom. The standard InChI is InChI=1S/C22H35N3O3S/c1-5-18(6-2)22(24-11-7-8-12-24)15-23-29(27,28)20-9-10-21-19(14-20)13-16(3)25(21)17(4)26/h9-10,14,16,18,22-23H,5-8,11-13,15H2,1-4H3/t16-,22+/m0/s1. The van der Waals surface area contributed by atoms with Gasteiger partial charge in [0, 0.05) is 31.2 Å². The van der Waals surface area contributed by atoms with Crippen molar-refractivity contribution in [2.75, 3.05) is 24.5 Å². The van der Waals surface area contributed by atoms with Crippen molar-refractivity contribution in [1.82, 2.24) is 9.62 Å². The molecule has 0 saturated carbocycles. The lowest BCUT2D eigenvalue weighted by molar-refractivity contribution is -0.116. The lowest BCUT2D eigenvalue weighted by Gasteiger charge is -2.33. The Morgan fingerprint density at radius 1 is 1.21 bits per heavy atom. The zero-order valence-corrected chi connectivity index (χ0v) is 19.0. The third-order valence-electron chi connectivity index (χ3n) is 6.60. The van der Waals surface area contributed by atoms with Gasteiger partial charge < -0.3 is 4.90 Å². The van der Waals surface area contributed by atoms with Gasteiger partial charge in [0.05, 0.1) is 4.90 Å². The van der Waals surface area contributed by atoms with Crippen molar-refractivity contribution >= 4 is 21.6 Å². The number of carbonyl (C=O) groups is 1. The summed E-state index contributed by atoms with van der Waals surface area (Å²) in [6.07, 6.45) is 5.18. The Labute approximate surface area is 175 Å². The van der Waals surface area contributed by atoms with E-state index in [-0.39, 0.29) is 18.0 Å². The van der Waals surface area contributed by atoms with E-state index in [1.807, 2.05) is 6.92 Å². The second-order valence-electron chi connectivity index (χ2n) is 8.47. The minimum Gasteiger partial charge on any atom is -0.309 e. The van der Waals surface area contributed by atoms with E-state index in [0.29, 0.717) is 23.8 Å². The van der Waals surface area contributed by atoms with Crippen molar-refractivity contribution in [1.29, 1.82) is 0 Å². The summed E-state index contributed by atoms with van der Waals surface area (Å²) in [5.74, 6) is 0.476. The molecule has 1 saturated heterocycles. The van der Waals surface area contributed by atoms with Crippen LogP contribution in [-0.4, -0.2) is 50.9 Å². The van der Waals surface area contributed by atoms with Gasteiger partial charge in [0.2, 0.25) is 15.9 Å². The van der Waals surface area contributed by atoms with Gasteiger partial charge >= 0.3 is 0 Å². The zero-order valence-electron chi connectivity index (χ0n) is 18.1. The number of sulfonamides is 1. The molecule has 0 bridgehead atoms. The third kappa shape index (κ3) is 4.67. The molecule has 29 heavy (non-hydrogen) atoms. The van der Waals surface area contributed by atoms with Crippen LogP contribution in [0.1, 0.15) is 58.9 Å². The molecule has 3 rings (SSSR count). The van der Waals surface area contributed by atoms with Crippen LogP contribution in [-0.2, 0) is 21.2 Å². The maximum absolute atomic E-state index is 13.0. The molecule has 1 N–H and O–H groups in total. The first-order chi connectivity index (χ1) is 13.8. The molecule has 6 nitrogen and oxygen atoms in total. The monoisotopic (exact) mass is 421 g/mol. The predicted octanol–water partition coefficient (Wildman–Crippen LogP) is 3.16. The molecule has 2 aliphatic rings. The first kappa shape index (κ1) is 22.2. The van der Waals surface area contributed by atoms with Gasteiger partial charge in [0.1, 0.15) is 0 Å². The molecule has 1 fully saturated rings. The fourth-order valence-electron chi connectivity index (χ4n) is 5.03. The smallest absolute Gasteiger partial charge is 0.240 e. The quantitative estimate of drug-likeness (QED) is 0.700. The number of fused-ring (bicyclic) bond motifs is 1. The number of carbonyl (C=O) groups excluding carboxylic acids is 1. The van der Waals surface area contributed by atoms with E-state index in [0.717, 1.165) is 37.2 Å². The van der Waals surface area contributed by atoms with E-state index in [2.05, 4.69) is 23.5 Å². The number of rotatable bonds is 8. The highest BCUT2D eigenvalue weighted by Gasteiger charge is 2.32. The van der Waals surface area contributed by atoms with Crippen LogP contribution in [0, 0.1) is 5.92 Å². The number of nitrogens with one attached hydrogen (secondary N) is 1. The van der Waals surface area contributed by atoms with Crippen molar-refractivity contribution in [3.8, 4) is 0 Å². The highest BCUT2D eigenvalue weighted by Crippen LogP contribution is 2.34. The maximum atomic E-state index is 13.0. The lowest BCUT2D eigenvalue weighted by Crippen LogP contribution is -2.46. The predicted molar refractivity (Wildman–Crippen MR) is 117 cm³/mol. The summed E-state index contributed by atoms with van der Waals surface area (Å²) in [4.78, 5) is 16.4. The van der Waals surface area contributed by atoms with Crippen molar-refractivity contribution in [2.45, 2.75) is 76.8 Å². The fraction of sp³-hybridized carbons (Fsp3) is 0.682. The second-order valence-corrected chi connectivity index (χ2v) is 10.2. The molecule has 1 aromatic rings. The minimum atomic E-state index is -3.59. The molecule has 0 aromatic heterocycles. The largest absolute Gasteiger partial charge is 0.309 e. The van der Waals surface area contributed by atoms with Crippen molar-refractivity contribution in [3.05, 3.63) is 23.8 Å². The zero-order chi connectivity index (χ0) is 21.2. The molecular formula is C22H35N3O3S. The number of nitrogens with zero attached hydrogens (tertiary/aromatic N) is 2. The lowest BCUT2D eigenvalue weighted by atomic mass is 9.93. The van der Waals surface area contributed by atoms with Gasteiger partial charge in [0.25, 0.3) is 0 Å². The van der Waals surface area contributed by atoms with E-state index < -0.39 is 10.0 Å². The summed E-state index contributed by atoms with van der Waals surface area (Å²) in [5, 5.41) is 0. The number of hydrogen-bond donors (Lipinski definition) is 1. The Kier molecular flexibility index (Phi) is 7.02. The molecule has 0 aliphatic carbocycles. The summed E-state index contributed by atoms with van der Waals surface area (Å²) in [5.41, 5.74) is 1.75. The summed E-state index contributed by atoms with van der Waals surface area (Å²) in [7, 11) is -3.59. The van der Waals surface area contributed by atoms with Gasteiger partial charge in [0.15, 0.2) is 0 Å². The highest BCUT2D eigenvalue weighted by molar-refractivity contribution is 7.89. The molecule has 2 heterocycles. The normalized spacial score (nSPS) is 21.0. The minimum absolute atomic E-state index is 0.0105. The SMILES string of the molecule is CCC(CC)[C@@H](CNS(=O)(=O)c1ccc2c(c1)C[C@H](C)N2C(C)=O)N1CCCC1. The molecule has 1 amide bonds. The molecule has 1 aromatic carbocycles. The number of likely N-dealkylation sites (tertiary alicyclic amines) is 1. The van der Waals surface area contributed by atoms with E-state index in [1.165, 1.54) is 12.8 Å². The van der Waals surface area contributed by atoms with Crippen molar-refractivity contribution in [3.63, 3.8) is 0 Å². The topological polar surface area (TPSA) is 69.7 Å². The van der Waals surface area contributed by atoms with Crippen LogP contribution in [0.15, 0.2) is 23.1 Å². The average Bonchev–Trinajstić information content (AvgIpc) is 3.31. The van der Waals surface area contributed by atoms with Gasteiger partial charge in [-0.1, -0.05) is 26.7 Å². The maximum Gasteiger partial charge on any atom is 0.240 e. The van der Waals surface area contributed by atoms with Crippen LogP contribution >= 0.6 is 0 Å². The first-order valence-corrected chi connectivity index (χ1v) is 12.4. The highest BCUT2D eigenvalue weighted by atomic mass is 32.2. The Morgan fingerprint density at radius 2 is 1.86 bits per heavy atom. The third-order valence-corrected chi connectivity index (χ3v) is 8.02.